The van der Waals surface area contributed by atoms with Gasteiger partial charge in [0.15, 0.2) is 0 Å². The summed E-state index contributed by atoms with van der Waals surface area (Å²) in [5.41, 5.74) is 8.35. The summed E-state index contributed by atoms with van der Waals surface area (Å²) < 4.78 is 0.916. The molecule has 0 aliphatic heterocycles. The molecule has 0 saturated heterocycles. The first-order chi connectivity index (χ1) is 12.8. The summed E-state index contributed by atoms with van der Waals surface area (Å²) in [4.78, 5) is 28.5. The fourth-order valence-electron chi connectivity index (χ4n) is 2.64. The van der Waals surface area contributed by atoms with Gasteiger partial charge < -0.3 is 16.4 Å². The second kappa shape index (κ2) is 10.2. The third-order valence-electron chi connectivity index (χ3n) is 3.92. The van der Waals surface area contributed by atoms with Crippen LogP contribution < -0.4 is 16.4 Å². The summed E-state index contributed by atoms with van der Waals surface area (Å²) in [6.45, 7) is 3.87. The predicted molar refractivity (Wildman–Crippen MR) is 110 cm³/mol. The number of carbonyl (C=O) groups excluding carboxylic acids is 2. The Morgan fingerprint density at radius 3 is 2.67 bits per heavy atom. The zero-order valence-corrected chi connectivity index (χ0v) is 17.1. The summed E-state index contributed by atoms with van der Waals surface area (Å²) in [6.07, 6.45) is 2.90. The average molecular weight is 433 g/mol. The topological polar surface area (TPSA) is 97.1 Å². The molecular formula is C20H25BrN4O2. The Bertz CT molecular complexity index is 781. The van der Waals surface area contributed by atoms with Crippen LogP contribution in [0.2, 0.25) is 0 Å². The Morgan fingerprint density at radius 2 is 2.00 bits per heavy atom. The minimum atomic E-state index is -0.606. The molecule has 1 aromatic heterocycles. The van der Waals surface area contributed by atoms with E-state index >= 15 is 0 Å². The summed E-state index contributed by atoms with van der Waals surface area (Å²) >= 11 is 3.46. The lowest BCUT2D eigenvalue weighted by molar-refractivity contribution is -0.125. The summed E-state index contributed by atoms with van der Waals surface area (Å²) in [7, 11) is 0. The number of rotatable bonds is 8. The van der Waals surface area contributed by atoms with Crippen molar-refractivity contribution in [1.29, 1.82) is 0 Å². The van der Waals surface area contributed by atoms with Crippen LogP contribution in [0.3, 0.4) is 0 Å². The highest BCUT2D eigenvalue weighted by Crippen LogP contribution is 2.23. The molecule has 144 valence electrons. The van der Waals surface area contributed by atoms with Crippen molar-refractivity contribution in [3.8, 4) is 0 Å². The van der Waals surface area contributed by atoms with Crippen LogP contribution in [0.15, 0.2) is 47.1 Å². The van der Waals surface area contributed by atoms with Crippen LogP contribution in [0, 0.1) is 5.92 Å². The van der Waals surface area contributed by atoms with Crippen molar-refractivity contribution in [3.63, 3.8) is 0 Å². The van der Waals surface area contributed by atoms with Gasteiger partial charge in [-0.05, 0) is 48.2 Å². The van der Waals surface area contributed by atoms with Gasteiger partial charge in [-0.15, -0.1) is 0 Å². The molecule has 0 aliphatic rings. The van der Waals surface area contributed by atoms with E-state index in [0.717, 1.165) is 15.7 Å². The standard InChI is InChI=1S/C20H25BrN4O2/c1-13(2)9-17(22)20(27)24-12-19(26)25-18-7-6-15(21)10-14(18)11-16-5-3-4-8-23-16/h3-8,10,13,17H,9,11-12,22H2,1-2H3,(H,24,27)(H,25,26)/t17-/m0/s1. The number of amides is 2. The zero-order chi connectivity index (χ0) is 19.8. The van der Waals surface area contributed by atoms with Gasteiger partial charge in [-0.3, -0.25) is 14.6 Å². The Labute approximate surface area is 168 Å². The molecule has 6 nitrogen and oxygen atoms in total. The number of nitrogens with zero attached hydrogens (tertiary/aromatic N) is 1. The van der Waals surface area contributed by atoms with Crippen molar-refractivity contribution in [2.75, 3.05) is 11.9 Å². The maximum Gasteiger partial charge on any atom is 0.243 e. The van der Waals surface area contributed by atoms with E-state index in [2.05, 4.69) is 31.5 Å². The van der Waals surface area contributed by atoms with Crippen molar-refractivity contribution < 1.29 is 9.59 Å². The molecule has 1 heterocycles. The van der Waals surface area contributed by atoms with Crippen molar-refractivity contribution in [3.05, 3.63) is 58.3 Å². The van der Waals surface area contributed by atoms with Crippen LogP contribution in [0.5, 0.6) is 0 Å². The second-order valence-corrected chi connectivity index (χ2v) is 7.72. The van der Waals surface area contributed by atoms with E-state index in [1.165, 1.54) is 0 Å². The number of pyridine rings is 1. The number of anilines is 1. The van der Waals surface area contributed by atoms with Crippen LogP contribution in [0.1, 0.15) is 31.5 Å². The highest BCUT2D eigenvalue weighted by Gasteiger charge is 2.16. The molecule has 2 rings (SSSR count). The van der Waals surface area contributed by atoms with Gasteiger partial charge in [0.25, 0.3) is 0 Å². The molecule has 0 bridgehead atoms. The third kappa shape index (κ3) is 7.11. The first kappa shape index (κ1) is 21.1. The predicted octanol–water partition coefficient (Wildman–Crippen LogP) is 2.86. The summed E-state index contributed by atoms with van der Waals surface area (Å²) in [6, 6.07) is 10.7. The van der Waals surface area contributed by atoms with Crippen LogP contribution in [0.25, 0.3) is 0 Å². The number of hydrogen-bond acceptors (Lipinski definition) is 4. The average Bonchev–Trinajstić information content (AvgIpc) is 2.62. The van der Waals surface area contributed by atoms with Crippen molar-refractivity contribution in [1.82, 2.24) is 10.3 Å². The van der Waals surface area contributed by atoms with E-state index in [0.29, 0.717) is 24.4 Å². The van der Waals surface area contributed by atoms with Gasteiger partial charge in [0.2, 0.25) is 11.8 Å². The molecule has 2 amide bonds. The lowest BCUT2D eigenvalue weighted by Crippen LogP contribution is -2.44. The van der Waals surface area contributed by atoms with E-state index in [-0.39, 0.29) is 18.4 Å². The van der Waals surface area contributed by atoms with E-state index in [9.17, 15) is 9.59 Å². The third-order valence-corrected chi connectivity index (χ3v) is 4.42. The van der Waals surface area contributed by atoms with Gasteiger partial charge in [-0.2, -0.15) is 0 Å². The molecule has 4 N–H and O–H groups in total. The molecule has 27 heavy (non-hydrogen) atoms. The highest BCUT2D eigenvalue weighted by atomic mass is 79.9. The number of aromatic nitrogens is 1. The first-order valence-corrected chi connectivity index (χ1v) is 9.66. The molecule has 0 fully saturated rings. The Morgan fingerprint density at radius 1 is 1.22 bits per heavy atom. The minimum absolute atomic E-state index is 0.121. The maximum absolute atomic E-state index is 12.3. The Balaban J connectivity index is 1.98. The van der Waals surface area contributed by atoms with Crippen LogP contribution in [-0.4, -0.2) is 29.4 Å². The molecule has 0 unspecified atom stereocenters. The number of nitrogens with two attached hydrogens (primary N) is 1. The second-order valence-electron chi connectivity index (χ2n) is 6.80. The Kier molecular flexibility index (Phi) is 7.94. The monoisotopic (exact) mass is 432 g/mol. The highest BCUT2D eigenvalue weighted by molar-refractivity contribution is 9.10. The van der Waals surface area contributed by atoms with Crippen LogP contribution in [0.4, 0.5) is 5.69 Å². The number of carbonyl (C=O) groups is 2. The quantitative estimate of drug-likeness (QED) is 0.597. The molecule has 0 saturated carbocycles. The van der Waals surface area contributed by atoms with Gasteiger partial charge in [-0.25, -0.2) is 0 Å². The molecule has 0 spiro atoms. The van der Waals surface area contributed by atoms with Gasteiger partial charge in [0.05, 0.1) is 12.6 Å². The van der Waals surface area contributed by atoms with E-state index in [4.69, 9.17) is 5.73 Å². The molecule has 2 aromatic rings. The first-order valence-electron chi connectivity index (χ1n) is 8.86. The lowest BCUT2D eigenvalue weighted by atomic mass is 10.0. The largest absolute Gasteiger partial charge is 0.346 e. The smallest absolute Gasteiger partial charge is 0.243 e. The fraction of sp³-hybridized carbons (Fsp3) is 0.350. The number of benzene rings is 1. The minimum Gasteiger partial charge on any atom is -0.346 e. The van der Waals surface area contributed by atoms with Crippen molar-refractivity contribution in [2.45, 2.75) is 32.7 Å². The van der Waals surface area contributed by atoms with Gasteiger partial charge >= 0.3 is 0 Å². The molecule has 0 aliphatic carbocycles. The lowest BCUT2D eigenvalue weighted by Gasteiger charge is -2.15. The van der Waals surface area contributed by atoms with Gasteiger partial charge in [0, 0.05) is 28.5 Å². The van der Waals surface area contributed by atoms with Gasteiger partial charge in [-0.1, -0.05) is 35.8 Å². The van der Waals surface area contributed by atoms with Crippen LogP contribution in [-0.2, 0) is 16.0 Å². The normalized spacial score (nSPS) is 11.9. The van der Waals surface area contributed by atoms with Gasteiger partial charge in [0.1, 0.15) is 0 Å². The molecule has 0 radical (unpaired) electrons. The molecule has 7 heteroatoms. The number of hydrogen-bond donors (Lipinski definition) is 3. The summed E-state index contributed by atoms with van der Waals surface area (Å²) in [5.74, 6) is -0.301. The van der Waals surface area contributed by atoms with E-state index in [1.807, 2.05) is 50.2 Å². The zero-order valence-electron chi connectivity index (χ0n) is 15.5. The Hall–Kier alpha value is -2.25. The number of halogens is 1. The van der Waals surface area contributed by atoms with E-state index in [1.54, 1.807) is 6.20 Å². The molecule has 1 aromatic carbocycles. The van der Waals surface area contributed by atoms with Crippen molar-refractivity contribution in [2.24, 2.45) is 11.7 Å². The van der Waals surface area contributed by atoms with E-state index < -0.39 is 6.04 Å². The van der Waals surface area contributed by atoms with Crippen molar-refractivity contribution >= 4 is 33.4 Å². The fourth-order valence-corrected chi connectivity index (χ4v) is 3.04. The SMILES string of the molecule is CC(C)C[C@H](N)C(=O)NCC(=O)Nc1ccc(Br)cc1Cc1ccccn1. The summed E-state index contributed by atoms with van der Waals surface area (Å²) in [5, 5.41) is 5.44. The van der Waals surface area contributed by atoms with Crippen LogP contribution >= 0.6 is 15.9 Å². The molecular weight excluding hydrogens is 408 g/mol. The maximum atomic E-state index is 12.3. The molecule has 1 atom stereocenters. The number of nitrogens with one attached hydrogen (secondary N) is 2.